The van der Waals surface area contributed by atoms with Gasteiger partial charge >= 0.3 is 0 Å². The molecule has 0 fully saturated rings. The fourth-order valence-electron chi connectivity index (χ4n) is 1.11. The summed E-state index contributed by atoms with van der Waals surface area (Å²) in [6, 6.07) is 1.70. The molecule has 0 amide bonds. The summed E-state index contributed by atoms with van der Waals surface area (Å²) in [4.78, 5) is 0. The molecule has 0 bridgehead atoms. The molecule has 0 aliphatic rings. The molecule has 1 unspecified atom stereocenters. The second-order valence-corrected chi connectivity index (χ2v) is 2.74. The first-order chi connectivity index (χ1) is 5.75. The first-order valence-corrected chi connectivity index (χ1v) is 4.11. The van der Waals surface area contributed by atoms with Crippen molar-refractivity contribution in [1.82, 2.24) is 9.78 Å². The molecule has 1 heterocycles. The number of nitrogens with zero attached hydrogens (tertiary/aromatic N) is 2. The number of hydrogen-bond donors (Lipinski definition) is 1. The Balaban J connectivity index is 2.64. The monoisotopic (exact) mass is 171 g/mol. The minimum atomic E-state index is -0.953. The number of alkyl halides is 1. The fraction of sp³-hybridized carbons (Fsp3) is 0.625. The number of nitrogens with two attached hydrogens (primary N) is 1. The van der Waals surface area contributed by atoms with E-state index in [4.69, 9.17) is 5.73 Å². The van der Waals surface area contributed by atoms with Crippen LogP contribution in [0.15, 0.2) is 12.3 Å². The molecular weight excluding hydrogens is 157 g/mol. The summed E-state index contributed by atoms with van der Waals surface area (Å²) >= 11 is 0. The Morgan fingerprint density at radius 1 is 1.75 bits per heavy atom. The van der Waals surface area contributed by atoms with E-state index in [0.717, 1.165) is 6.42 Å². The van der Waals surface area contributed by atoms with Crippen LogP contribution >= 0.6 is 0 Å². The quantitative estimate of drug-likeness (QED) is 0.741. The highest BCUT2D eigenvalue weighted by molar-refractivity contribution is 5.03. The van der Waals surface area contributed by atoms with E-state index in [0.29, 0.717) is 18.8 Å². The summed E-state index contributed by atoms with van der Waals surface area (Å²) in [6.45, 7) is 2.82. The summed E-state index contributed by atoms with van der Waals surface area (Å²) in [5, 5.41) is 4.00. The lowest BCUT2D eigenvalue weighted by atomic mass is 10.3. The average molecular weight is 171 g/mol. The van der Waals surface area contributed by atoms with E-state index in [2.05, 4.69) is 5.10 Å². The molecule has 0 aromatic carbocycles. The third-order valence-corrected chi connectivity index (χ3v) is 1.73. The zero-order valence-electron chi connectivity index (χ0n) is 7.20. The summed E-state index contributed by atoms with van der Waals surface area (Å²) in [6.07, 6.45) is 1.49. The Hall–Kier alpha value is -0.900. The van der Waals surface area contributed by atoms with Crippen LogP contribution in [0.5, 0.6) is 0 Å². The van der Waals surface area contributed by atoms with Crippen molar-refractivity contribution in [2.45, 2.75) is 26.1 Å². The van der Waals surface area contributed by atoms with Crippen LogP contribution in [0, 0.1) is 0 Å². The predicted molar refractivity (Wildman–Crippen MR) is 45.4 cm³/mol. The highest BCUT2D eigenvalue weighted by atomic mass is 19.1. The van der Waals surface area contributed by atoms with E-state index in [9.17, 15) is 4.39 Å². The number of hydrogen-bond acceptors (Lipinski definition) is 2. The molecular formula is C8H14FN3. The van der Waals surface area contributed by atoms with Crippen LogP contribution in [-0.2, 0) is 6.54 Å². The van der Waals surface area contributed by atoms with Crippen molar-refractivity contribution in [3.05, 3.63) is 18.0 Å². The highest BCUT2D eigenvalue weighted by Gasteiger charge is 2.08. The molecule has 2 N–H and O–H groups in total. The number of aromatic nitrogens is 2. The summed E-state index contributed by atoms with van der Waals surface area (Å²) in [5.41, 5.74) is 5.96. The Morgan fingerprint density at radius 2 is 2.50 bits per heavy atom. The van der Waals surface area contributed by atoms with Gasteiger partial charge in [0, 0.05) is 12.7 Å². The van der Waals surface area contributed by atoms with E-state index in [1.807, 2.05) is 0 Å². The predicted octanol–water partition coefficient (Wildman–Crippen LogP) is 1.26. The van der Waals surface area contributed by atoms with Gasteiger partial charge in [0.15, 0.2) is 0 Å². The van der Waals surface area contributed by atoms with Gasteiger partial charge in [0.1, 0.15) is 6.17 Å². The van der Waals surface area contributed by atoms with Crippen molar-refractivity contribution in [3.8, 4) is 0 Å². The standard InChI is InChI=1S/C8H14FN3/c1-7(9)8-3-5-11-12(8)6-2-4-10/h3,5,7H,2,4,6,10H2,1H3. The smallest absolute Gasteiger partial charge is 0.139 e. The van der Waals surface area contributed by atoms with Gasteiger partial charge in [-0.1, -0.05) is 0 Å². The van der Waals surface area contributed by atoms with Gasteiger partial charge in [-0.05, 0) is 26.0 Å². The molecule has 0 aliphatic heterocycles. The number of halogens is 1. The highest BCUT2D eigenvalue weighted by Crippen LogP contribution is 2.15. The molecule has 0 aliphatic carbocycles. The third kappa shape index (κ3) is 2.04. The normalized spacial score (nSPS) is 13.2. The van der Waals surface area contributed by atoms with Crippen LogP contribution in [0.2, 0.25) is 0 Å². The lowest BCUT2D eigenvalue weighted by molar-refractivity contribution is 0.345. The molecule has 3 nitrogen and oxygen atoms in total. The molecule has 0 radical (unpaired) electrons. The number of aryl methyl sites for hydroxylation is 1. The molecule has 12 heavy (non-hydrogen) atoms. The minimum absolute atomic E-state index is 0.611. The first-order valence-electron chi connectivity index (χ1n) is 4.11. The Labute approximate surface area is 71.4 Å². The van der Waals surface area contributed by atoms with Gasteiger partial charge in [0.05, 0.1) is 5.69 Å². The van der Waals surface area contributed by atoms with Crippen molar-refractivity contribution >= 4 is 0 Å². The molecule has 0 saturated heterocycles. The van der Waals surface area contributed by atoms with Crippen LogP contribution in [0.25, 0.3) is 0 Å². The lowest BCUT2D eigenvalue weighted by Gasteiger charge is -2.06. The maximum Gasteiger partial charge on any atom is 0.139 e. The van der Waals surface area contributed by atoms with Gasteiger partial charge in [0.2, 0.25) is 0 Å². The van der Waals surface area contributed by atoms with Crippen molar-refractivity contribution < 1.29 is 4.39 Å². The van der Waals surface area contributed by atoms with Crippen LogP contribution in [0.3, 0.4) is 0 Å². The van der Waals surface area contributed by atoms with Gasteiger partial charge in [-0.25, -0.2) is 4.39 Å². The van der Waals surface area contributed by atoms with Crippen LogP contribution in [0.1, 0.15) is 25.2 Å². The van der Waals surface area contributed by atoms with Crippen molar-refractivity contribution in [3.63, 3.8) is 0 Å². The van der Waals surface area contributed by atoms with Gasteiger partial charge in [-0.15, -0.1) is 0 Å². The molecule has 0 saturated carbocycles. The Morgan fingerprint density at radius 3 is 3.08 bits per heavy atom. The largest absolute Gasteiger partial charge is 0.330 e. The minimum Gasteiger partial charge on any atom is -0.330 e. The zero-order chi connectivity index (χ0) is 8.97. The van der Waals surface area contributed by atoms with E-state index in [-0.39, 0.29) is 0 Å². The van der Waals surface area contributed by atoms with E-state index in [1.165, 1.54) is 6.92 Å². The molecule has 1 aromatic heterocycles. The molecule has 1 rings (SSSR count). The first kappa shape index (κ1) is 9.19. The molecule has 4 heteroatoms. The second kappa shape index (κ2) is 4.21. The van der Waals surface area contributed by atoms with Gasteiger partial charge in [0.25, 0.3) is 0 Å². The Kier molecular flexibility index (Phi) is 3.22. The van der Waals surface area contributed by atoms with Gasteiger partial charge in [-0.3, -0.25) is 4.68 Å². The third-order valence-electron chi connectivity index (χ3n) is 1.73. The Bertz CT molecular complexity index is 232. The van der Waals surface area contributed by atoms with Crippen LogP contribution in [0.4, 0.5) is 4.39 Å². The van der Waals surface area contributed by atoms with Crippen LogP contribution < -0.4 is 5.73 Å². The number of rotatable bonds is 4. The molecule has 0 spiro atoms. The lowest BCUT2D eigenvalue weighted by Crippen LogP contribution is -2.10. The van der Waals surface area contributed by atoms with E-state index in [1.54, 1.807) is 16.9 Å². The van der Waals surface area contributed by atoms with Crippen molar-refractivity contribution in [2.75, 3.05) is 6.54 Å². The maximum absolute atomic E-state index is 12.9. The zero-order valence-corrected chi connectivity index (χ0v) is 7.20. The van der Waals surface area contributed by atoms with Crippen LogP contribution in [-0.4, -0.2) is 16.3 Å². The van der Waals surface area contributed by atoms with Gasteiger partial charge in [-0.2, -0.15) is 5.10 Å². The SMILES string of the molecule is CC(F)c1ccnn1CCCN. The maximum atomic E-state index is 12.9. The summed E-state index contributed by atoms with van der Waals surface area (Å²) in [7, 11) is 0. The van der Waals surface area contributed by atoms with E-state index < -0.39 is 6.17 Å². The van der Waals surface area contributed by atoms with E-state index >= 15 is 0 Å². The van der Waals surface area contributed by atoms with Crippen molar-refractivity contribution in [1.29, 1.82) is 0 Å². The topological polar surface area (TPSA) is 43.8 Å². The second-order valence-electron chi connectivity index (χ2n) is 2.74. The van der Waals surface area contributed by atoms with Crippen molar-refractivity contribution in [2.24, 2.45) is 5.73 Å². The molecule has 1 atom stereocenters. The molecule has 1 aromatic rings. The fourth-order valence-corrected chi connectivity index (χ4v) is 1.11. The molecule has 68 valence electrons. The summed E-state index contributed by atoms with van der Waals surface area (Å²) < 4.78 is 14.5. The average Bonchev–Trinajstić information content (AvgIpc) is 2.48. The van der Waals surface area contributed by atoms with Gasteiger partial charge < -0.3 is 5.73 Å². The summed E-state index contributed by atoms with van der Waals surface area (Å²) in [5.74, 6) is 0.